The van der Waals surface area contributed by atoms with Crippen molar-refractivity contribution in [2.24, 2.45) is 4.99 Å². The molecule has 156 valence electrons. The Morgan fingerprint density at radius 3 is 3.07 bits per heavy atom. The normalized spacial score (nSPS) is 21.5. The Labute approximate surface area is 178 Å². The summed E-state index contributed by atoms with van der Waals surface area (Å²) in [6.07, 6.45) is 6.49. The van der Waals surface area contributed by atoms with Gasteiger partial charge in [0.05, 0.1) is 6.04 Å². The quantitative estimate of drug-likeness (QED) is 0.730. The fraction of sp³-hybridized carbons (Fsp3) is 0.429. The van der Waals surface area contributed by atoms with Crippen LogP contribution in [0.25, 0.3) is 11.8 Å². The van der Waals surface area contributed by atoms with E-state index in [-0.39, 0.29) is 17.7 Å². The highest BCUT2D eigenvalue weighted by molar-refractivity contribution is 7.07. The Bertz CT molecular complexity index is 1190. The predicted octanol–water partition coefficient (Wildman–Crippen LogP) is 1.63. The number of nitriles is 1. The number of aliphatic imine (C=N–C) groups is 1. The lowest BCUT2D eigenvalue weighted by molar-refractivity contribution is 0.213. The van der Waals surface area contributed by atoms with Crippen LogP contribution in [0.5, 0.6) is 0 Å². The van der Waals surface area contributed by atoms with Crippen LogP contribution in [0, 0.1) is 11.3 Å². The Balaban J connectivity index is 1.73. The molecule has 1 saturated carbocycles. The summed E-state index contributed by atoms with van der Waals surface area (Å²) < 4.78 is 8.65. The highest BCUT2D eigenvalue weighted by atomic mass is 32.1. The van der Waals surface area contributed by atoms with E-state index in [4.69, 9.17) is 4.74 Å². The number of nitrogens with zero attached hydrogens (tertiary/aromatic N) is 4. The average Bonchev–Trinajstić information content (AvgIpc) is 3.42. The molecule has 8 nitrogen and oxygen atoms in total. The SMILES string of the molecule is CCNc1cc(NC=c2sc(=C(C#N)C3=N[C@H]4CCC[C@H]4O3)n(CC)c2=O)ccn1. The number of hydrogen-bond donors (Lipinski definition) is 2. The van der Waals surface area contributed by atoms with E-state index in [0.29, 0.717) is 27.2 Å². The van der Waals surface area contributed by atoms with Crippen LogP contribution in [-0.2, 0) is 11.3 Å². The molecule has 0 amide bonds. The van der Waals surface area contributed by atoms with Crippen LogP contribution >= 0.6 is 11.3 Å². The first-order valence-electron chi connectivity index (χ1n) is 10.2. The van der Waals surface area contributed by atoms with Gasteiger partial charge in [0.15, 0.2) is 0 Å². The number of ether oxygens (including phenoxy) is 1. The predicted molar refractivity (Wildman–Crippen MR) is 119 cm³/mol. The lowest BCUT2D eigenvalue weighted by atomic mass is 10.2. The standard InChI is InChI=1S/C21H24N6O2S/c1-3-23-18-10-13(8-9-24-18)25-12-17-20(28)27(4-2)21(30-17)14(11-22)19-26-15-6-5-7-16(15)29-19/h8-10,12,15-16H,3-7H2,1-2H3,(H2,23,24,25)/t15-,16+/m0/s1. The molecule has 2 atom stereocenters. The highest BCUT2D eigenvalue weighted by Gasteiger charge is 2.36. The van der Waals surface area contributed by atoms with E-state index in [1.807, 2.05) is 26.0 Å². The fourth-order valence-corrected chi connectivity index (χ4v) is 4.85. The minimum atomic E-state index is -0.141. The van der Waals surface area contributed by atoms with Crippen molar-refractivity contribution in [3.63, 3.8) is 0 Å². The van der Waals surface area contributed by atoms with E-state index in [2.05, 4.69) is 26.7 Å². The van der Waals surface area contributed by atoms with E-state index in [0.717, 1.165) is 37.3 Å². The molecule has 0 aromatic carbocycles. The number of hydrogen-bond acceptors (Lipinski definition) is 8. The molecule has 4 rings (SSSR count). The van der Waals surface area contributed by atoms with Crippen molar-refractivity contribution in [1.29, 1.82) is 5.26 Å². The van der Waals surface area contributed by atoms with Crippen LogP contribution in [0.3, 0.4) is 0 Å². The largest absolute Gasteiger partial charge is 0.471 e. The maximum Gasteiger partial charge on any atom is 0.270 e. The highest BCUT2D eigenvalue weighted by Crippen LogP contribution is 2.31. The minimum absolute atomic E-state index is 0.0652. The molecule has 0 unspecified atom stereocenters. The minimum Gasteiger partial charge on any atom is -0.471 e. The molecule has 30 heavy (non-hydrogen) atoms. The van der Waals surface area contributed by atoms with Gasteiger partial charge >= 0.3 is 0 Å². The Kier molecular flexibility index (Phi) is 5.86. The fourth-order valence-electron chi connectivity index (χ4n) is 3.77. The van der Waals surface area contributed by atoms with Gasteiger partial charge in [0, 0.05) is 37.2 Å². The molecule has 0 saturated heterocycles. The van der Waals surface area contributed by atoms with Gasteiger partial charge in [-0.15, -0.1) is 11.3 Å². The first kappa shape index (κ1) is 20.2. The Hall–Kier alpha value is -3.12. The second-order valence-electron chi connectivity index (χ2n) is 7.15. The van der Waals surface area contributed by atoms with Crippen LogP contribution < -0.4 is 25.4 Å². The molecular weight excluding hydrogens is 400 g/mol. The van der Waals surface area contributed by atoms with Gasteiger partial charge in [-0.05, 0) is 39.2 Å². The molecule has 1 fully saturated rings. The summed E-state index contributed by atoms with van der Waals surface area (Å²) in [7, 11) is 0. The summed E-state index contributed by atoms with van der Waals surface area (Å²) in [6, 6.07) is 6.06. The molecule has 2 aromatic rings. The first-order chi connectivity index (χ1) is 14.6. The van der Waals surface area contributed by atoms with Crippen molar-refractivity contribution in [1.82, 2.24) is 9.55 Å². The van der Waals surface area contributed by atoms with Crippen LogP contribution in [0.4, 0.5) is 11.5 Å². The molecule has 9 heteroatoms. The monoisotopic (exact) mass is 424 g/mol. The number of fused-ring (bicyclic) bond motifs is 1. The lowest BCUT2D eigenvalue weighted by Gasteiger charge is -2.07. The summed E-state index contributed by atoms with van der Waals surface area (Å²) in [6.45, 7) is 5.13. The zero-order valence-electron chi connectivity index (χ0n) is 17.0. The molecule has 0 radical (unpaired) electrons. The van der Waals surface area contributed by atoms with E-state index >= 15 is 0 Å². The van der Waals surface area contributed by atoms with Gasteiger partial charge in [0.1, 0.15) is 32.8 Å². The molecule has 3 heterocycles. The third-order valence-corrected chi connectivity index (χ3v) is 6.35. The Morgan fingerprint density at radius 1 is 1.47 bits per heavy atom. The first-order valence-corrected chi connectivity index (χ1v) is 11.0. The molecule has 2 aromatic heterocycles. The summed E-state index contributed by atoms with van der Waals surface area (Å²) in [5.41, 5.74) is 1.02. The molecule has 1 aliphatic carbocycles. The molecule has 2 aliphatic rings. The Morgan fingerprint density at radius 2 is 2.33 bits per heavy atom. The molecule has 2 N–H and O–H groups in total. The van der Waals surface area contributed by atoms with Crippen molar-refractivity contribution >= 4 is 40.5 Å². The molecule has 0 bridgehead atoms. The summed E-state index contributed by atoms with van der Waals surface area (Å²) in [4.78, 5) is 21.8. The zero-order chi connectivity index (χ0) is 21.1. The van der Waals surface area contributed by atoms with Crippen molar-refractivity contribution in [2.45, 2.75) is 51.8 Å². The van der Waals surface area contributed by atoms with Crippen molar-refractivity contribution in [3.05, 3.63) is 37.9 Å². The van der Waals surface area contributed by atoms with Crippen LogP contribution in [0.2, 0.25) is 0 Å². The molecule has 1 aliphatic heterocycles. The third-order valence-electron chi connectivity index (χ3n) is 5.22. The van der Waals surface area contributed by atoms with Gasteiger partial charge in [-0.1, -0.05) is 0 Å². The topological polar surface area (TPSA) is 104 Å². The summed E-state index contributed by atoms with van der Waals surface area (Å²) in [5, 5.41) is 16.1. The third kappa shape index (κ3) is 3.83. The van der Waals surface area contributed by atoms with E-state index in [9.17, 15) is 10.1 Å². The van der Waals surface area contributed by atoms with Gasteiger partial charge in [0.2, 0.25) is 5.90 Å². The number of anilines is 2. The van der Waals surface area contributed by atoms with Gasteiger partial charge in [-0.3, -0.25) is 9.36 Å². The number of aromatic nitrogens is 2. The lowest BCUT2D eigenvalue weighted by Crippen LogP contribution is -2.32. The number of pyridine rings is 1. The van der Waals surface area contributed by atoms with Crippen molar-refractivity contribution < 1.29 is 4.74 Å². The van der Waals surface area contributed by atoms with Gasteiger partial charge < -0.3 is 15.4 Å². The maximum atomic E-state index is 12.9. The summed E-state index contributed by atoms with van der Waals surface area (Å²) >= 11 is 1.27. The van der Waals surface area contributed by atoms with Crippen molar-refractivity contribution in [2.75, 3.05) is 17.2 Å². The van der Waals surface area contributed by atoms with Crippen LogP contribution in [0.1, 0.15) is 33.1 Å². The average molecular weight is 425 g/mol. The molecule has 0 spiro atoms. The number of rotatable bonds is 6. The smallest absolute Gasteiger partial charge is 0.270 e. The van der Waals surface area contributed by atoms with Crippen molar-refractivity contribution in [3.8, 4) is 6.07 Å². The van der Waals surface area contributed by atoms with Crippen LogP contribution in [0.15, 0.2) is 28.1 Å². The molecular formula is C21H24N6O2S. The van der Waals surface area contributed by atoms with E-state index in [1.165, 1.54) is 11.3 Å². The second kappa shape index (κ2) is 8.71. The van der Waals surface area contributed by atoms with E-state index in [1.54, 1.807) is 17.0 Å². The van der Waals surface area contributed by atoms with E-state index < -0.39 is 0 Å². The number of thiazole rings is 1. The second-order valence-corrected chi connectivity index (χ2v) is 8.18. The number of nitrogens with one attached hydrogen (secondary N) is 2. The zero-order valence-corrected chi connectivity index (χ0v) is 17.8. The summed E-state index contributed by atoms with van der Waals surface area (Å²) in [5.74, 6) is 1.13. The maximum absolute atomic E-state index is 12.9. The van der Waals surface area contributed by atoms with Gasteiger partial charge in [-0.2, -0.15) is 5.26 Å². The van der Waals surface area contributed by atoms with Crippen LogP contribution in [-0.4, -0.2) is 34.1 Å². The van der Waals surface area contributed by atoms with Gasteiger partial charge in [0.25, 0.3) is 5.56 Å². The van der Waals surface area contributed by atoms with Gasteiger partial charge in [-0.25, -0.2) is 9.98 Å².